The van der Waals surface area contributed by atoms with Crippen molar-refractivity contribution in [2.75, 3.05) is 20.1 Å². The van der Waals surface area contributed by atoms with Crippen LogP contribution >= 0.6 is 0 Å². The molecule has 1 N–H and O–H groups in total. The Bertz CT molecular complexity index is 992. The van der Waals surface area contributed by atoms with Gasteiger partial charge >= 0.3 is 5.97 Å². The molecule has 2 aromatic carbocycles. The van der Waals surface area contributed by atoms with Crippen molar-refractivity contribution in [2.24, 2.45) is 0 Å². The van der Waals surface area contributed by atoms with Gasteiger partial charge in [0.2, 0.25) is 0 Å². The van der Waals surface area contributed by atoms with Gasteiger partial charge in [0.25, 0.3) is 0 Å². The third-order valence-corrected chi connectivity index (χ3v) is 4.18. The van der Waals surface area contributed by atoms with E-state index < -0.39 is 5.97 Å². The van der Waals surface area contributed by atoms with Crippen LogP contribution in [0.15, 0.2) is 83.7 Å². The second kappa shape index (κ2) is 9.40. The Balaban J connectivity index is 1.81. The lowest BCUT2D eigenvalue weighted by atomic mass is 10.0. The van der Waals surface area contributed by atoms with E-state index in [1.807, 2.05) is 66.7 Å². The van der Waals surface area contributed by atoms with Crippen LogP contribution in [0, 0.1) is 11.8 Å². The number of hydrogen-bond donors (Lipinski definition) is 1. The number of carbonyl (C=O) groups is 1. The first kappa shape index (κ1) is 19.2. The number of carboxylic acids is 1. The molecular formula is C24H21NO3. The van der Waals surface area contributed by atoms with Crippen LogP contribution in [0.4, 0.5) is 0 Å². The van der Waals surface area contributed by atoms with Gasteiger partial charge in [-0.2, -0.15) is 0 Å². The van der Waals surface area contributed by atoms with E-state index >= 15 is 0 Å². The van der Waals surface area contributed by atoms with Crippen molar-refractivity contribution >= 4 is 11.5 Å². The Morgan fingerprint density at radius 2 is 1.82 bits per heavy atom. The molecule has 28 heavy (non-hydrogen) atoms. The highest BCUT2D eigenvalue weighted by atomic mass is 16.4. The van der Waals surface area contributed by atoms with Crippen molar-refractivity contribution in [1.29, 1.82) is 0 Å². The topological polar surface area (TPSA) is 53.7 Å². The predicted octanol–water partition coefficient (Wildman–Crippen LogP) is 4.40. The van der Waals surface area contributed by atoms with E-state index in [2.05, 4.69) is 11.8 Å². The predicted molar refractivity (Wildman–Crippen MR) is 111 cm³/mol. The highest BCUT2D eigenvalue weighted by molar-refractivity contribution is 5.80. The number of nitrogens with zero attached hydrogens (tertiary/aromatic N) is 1. The number of carboxylic acid groups (broad SMARTS) is 1. The second-order valence-electron chi connectivity index (χ2n) is 6.41. The van der Waals surface area contributed by atoms with Gasteiger partial charge in [-0.15, -0.1) is 0 Å². The maximum Gasteiger partial charge on any atom is 0.317 e. The Hall–Kier alpha value is -3.55. The molecule has 0 aliphatic carbocycles. The highest BCUT2D eigenvalue weighted by Crippen LogP contribution is 2.20. The zero-order valence-electron chi connectivity index (χ0n) is 15.6. The van der Waals surface area contributed by atoms with Crippen molar-refractivity contribution in [1.82, 2.24) is 4.90 Å². The molecule has 0 unspecified atom stereocenters. The zero-order chi connectivity index (χ0) is 19.8. The maximum atomic E-state index is 10.9. The standard InChI is InChI=1S/C24H21NO3/c1-25(17-24(26)27)15-13-22(20-5-3-2-4-6-20)12-9-19-7-10-21(11-8-19)23-14-16-28-18-23/h2-8,10-11,13-14,16,18H,15,17H2,1H3,(H,26,27)/b22-13+. The molecule has 0 spiro atoms. The lowest BCUT2D eigenvalue weighted by Gasteiger charge is -2.11. The van der Waals surface area contributed by atoms with Crippen LogP contribution in [0.3, 0.4) is 0 Å². The lowest BCUT2D eigenvalue weighted by Crippen LogP contribution is -2.25. The van der Waals surface area contributed by atoms with E-state index in [1.165, 1.54) is 0 Å². The number of furan rings is 1. The number of benzene rings is 2. The van der Waals surface area contributed by atoms with E-state index in [0.29, 0.717) is 6.54 Å². The van der Waals surface area contributed by atoms with Gasteiger partial charge in [-0.3, -0.25) is 9.69 Å². The summed E-state index contributed by atoms with van der Waals surface area (Å²) >= 11 is 0. The summed E-state index contributed by atoms with van der Waals surface area (Å²) in [5, 5.41) is 8.91. The van der Waals surface area contributed by atoms with Gasteiger partial charge in [0.15, 0.2) is 0 Å². The Morgan fingerprint density at radius 3 is 2.46 bits per heavy atom. The summed E-state index contributed by atoms with van der Waals surface area (Å²) < 4.78 is 5.12. The van der Waals surface area contributed by atoms with Crippen molar-refractivity contribution < 1.29 is 14.3 Å². The summed E-state index contributed by atoms with van der Waals surface area (Å²) in [7, 11) is 1.77. The van der Waals surface area contributed by atoms with E-state index in [4.69, 9.17) is 9.52 Å². The lowest BCUT2D eigenvalue weighted by molar-refractivity contribution is -0.137. The molecular weight excluding hydrogens is 350 g/mol. The van der Waals surface area contributed by atoms with Crippen LogP contribution in [0.25, 0.3) is 16.7 Å². The summed E-state index contributed by atoms with van der Waals surface area (Å²) in [6, 6.07) is 19.8. The van der Waals surface area contributed by atoms with E-state index in [0.717, 1.165) is 27.8 Å². The summed E-state index contributed by atoms with van der Waals surface area (Å²) in [6.45, 7) is 0.492. The third-order valence-electron chi connectivity index (χ3n) is 4.18. The van der Waals surface area contributed by atoms with E-state index in [9.17, 15) is 4.79 Å². The number of aliphatic carboxylic acids is 1. The molecule has 3 rings (SSSR count). The molecule has 0 aliphatic heterocycles. The van der Waals surface area contributed by atoms with Crippen molar-refractivity contribution in [3.8, 4) is 23.0 Å². The van der Waals surface area contributed by atoms with E-state index in [1.54, 1.807) is 24.5 Å². The molecule has 0 amide bonds. The molecule has 0 aliphatic rings. The molecule has 0 fully saturated rings. The van der Waals surface area contributed by atoms with Gasteiger partial charge in [0.1, 0.15) is 0 Å². The highest BCUT2D eigenvalue weighted by Gasteiger charge is 2.04. The second-order valence-corrected chi connectivity index (χ2v) is 6.41. The third kappa shape index (κ3) is 5.47. The molecule has 0 saturated heterocycles. The summed E-state index contributed by atoms with van der Waals surface area (Å²) in [5.74, 6) is 5.59. The Morgan fingerprint density at radius 1 is 1.07 bits per heavy atom. The number of likely N-dealkylation sites (N-methyl/N-ethyl adjacent to an activating group) is 1. The van der Waals surface area contributed by atoms with Crippen molar-refractivity contribution in [3.05, 3.63) is 90.4 Å². The first-order valence-corrected chi connectivity index (χ1v) is 8.92. The smallest absolute Gasteiger partial charge is 0.317 e. The van der Waals surface area contributed by atoms with Gasteiger partial charge < -0.3 is 9.52 Å². The molecule has 0 bridgehead atoms. The average molecular weight is 371 g/mol. The first-order chi connectivity index (χ1) is 13.6. The summed E-state index contributed by atoms with van der Waals surface area (Å²) in [5.41, 5.74) is 4.90. The van der Waals surface area contributed by atoms with Crippen LogP contribution in [0.5, 0.6) is 0 Å². The fourth-order valence-corrected chi connectivity index (χ4v) is 2.72. The van der Waals surface area contributed by atoms with Crippen molar-refractivity contribution in [2.45, 2.75) is 0 Å². The molecule has 0 atom stereocenters. The molecule has 3 aromatic rings. The van der Waals surface area contributed by atoms with Crippen molar-refractivity contribution in [3.63, 3.8) is 0 Å². The van der Waals surface area contributed by atoms with Crippen LogP contribution in [0.1, 0.15) is 11.1 Å². The number of rotatable bonds is 6. The maximum absolute atomic E-state index is 10.9. The fourth-order valence-electron chi connectivity index (χ4n) is 2.72. The van der Waals surface area contributed by atoms with Crippen LogP contribution in [0.2, 0.25) is 0 Å². The minimum absolute atomic E-state index is 0.0124. The van der Waals surface area contributed by atoms with Crippen LogP contribution in [-0.4, -0.2) is 36.1 Å². The molecule has 140 valence electrons. The minimum Gasteiger partial charge on any atom is -0.480 e. The number of allylic oxidation sites excluding steroid dienone is 1. The molecule has 4 nitrogen and oxygen atoms in total. The van der Waals surface area contributed by atoms with Gasteiger partial charge in [-0.25, -0.2) is 0 Å². The molecule has 0 radical (unpaired) electrons. The van der Waals surface area contributed by atoms with Gasteiger partial charge in [0.05, 0.1) is 19.1 Å². The number of hydrogen-bond acceptors (Lipinski definition) is 3. The first-order valence-electron chi connectivity index (χ1n) is 8.92. The van der Waals surface area contributed by atoms with Crippen LogP contribution in [-0.2, 0) is 4.79 Å². The largest absolute Gasteiger partial charge is 0.480 e. The fraction of sp³-hybridized carbons (Fsp3) is 0.125. The van der Waals surface area contributed by atoms with Gasteiger partial charge in [-0.1, -0.05) is 60.4 Å². The Kier molecular flexibility index (Phi) is 6.46. The van der Waals surface area contributed by atoms with Crippen LogP contribution < -0.4 is 0 Å². The normalized spacial score (nSPS) is 11.1. The Labute approximate surface area is 164 Å². The quantitative estimate of drug-likeness (QED) is 0.653. The zero-order valence-corrected chi connectivity index (χ0v) is 15.6. The van der Waals surface area contributed by atoms with Gasteiger partial charge in [-0.05, 0) is 36.4 Å². The summed E-state index contributed by atoms with van der Waals surface area (Å²) in [4.78, 5) is 12.6. The van der Waals surface area contributed by atoms with E-state index in [-0.39, 0.29) is 6.54 Å². The monoisotopic (exact) mass is 371 g/mol. The molecule has 0 saturated carbocycles. The molecule has 1 aromatic heterocycles. The molecule has 1 heterocycles. The minimum atomic E-state index is -0.846. The molecule has 4 heteroatoms. The summed E-state index contributed by atoms with van der Waals surface area (Å²) in [6.07, 6.45) is 5.33. The van der Waals surface area contributed by atoms with Gasteiger partial charge in [0, 0.05) is 23.2 Å². The average Bonchev–Trinajstić information content (AvgIpc) is 3.23. The SMILES string of the molecule is CN(C/C=C(\C#Cc1ccc(-c2ccoc2)cc1)c1ccccc1)CC(=O)O.